The highest BCUT2D eigenvalue weighted by molar-refractivity contribution is 7.22. The molecule has 0 aliphatic carbocycles. The molecule has 180 valence electrons. The lowest BCUT2D eigenvalue weighted by Gasteiger charge is -2.09. The Balaban J connectivity index is 1.52. The molecule has 0 atom stereocenters. The molecule has 1 amide bonds. The van der Waals surface area contributed by atoms with Crippen molar-refractivity contribution in [2.24, 2.45) is 0 Å². The molecule has 9 heteroatoms. The second-order valence-corrected chi connectivity index (χ2v) is 8.70. The Hall–Kier alpha value is -3.98. The van der Waals surface area contributed by atoms with Crippen molar-refractivity contribution in [2.75, 3.05) is 6.54 Å². The van der Waals surface area contributed by atoms with E-state index in [9.17, 15) is 28.2 Å². The van der Waals surface area contributed by atoms with Crippen LogP contribution in [0.5, 0.6) is 23.0 Å². The summed E-state index contributed by atoms with van der Waals surface area (Å²) in [7, 11) is 0. The van der Waals surface area contributed by atoms with Crippen molar-refractivity contribution >= 4 is 33.4 Å². The van der Waals surface area contributed by atoms with Gasteiger partial charge in [-0.3, -0.25) is 4.79 Å². The fraction of sp³-hybridized carbons (Fsp3) is 0.115. The van der Waals surface area contributed by atoms with Crippen LogP contribution in [0.4, 0.5) is 13.2 Å². The lowest BCUT2D eigenvalue weighted by Crippen LogP contribution is -2.26. The highest BCUT2D eigenvalue weighted by Crippen LogP contribution is 2.47. The number of rotatable bonds is 7. The molecule has 1 heterocycles. The minimum atomic E-state index is -4.32. The summed E-state index contributed by atoms with van der Waals surface area (Å²) < 4.78 is 43.6. The molecule has 3 N–H and O–H groups in total. The lowest BCUT2D eigenvalue weighted by molar-refractivity contribution is -0.134. The van der Waals surface area contributed by atoms with Crippen LogP contribution < -0.4 is 10.1 Å². The Kier molecular flexibility index (Phi) is 6.97. The maximum Gasteiger partial charge on any atom is 0.390 e. The first-order chi connectivity index (χ1) is 16.7. The van der Waals surface area contributed by atoms with E-state index in [4.69, 9.17) is 4.74 Å². The predicted molar refractivity (Wildman–Crippen MR) is 130 cm³/mol. The number of alkyl halides is 3. The van der Waals surface area contributed by atoms with Gasteiger partial charge in [0.1, 0.15) is 17.2 Å². The minimum absolute atomic E-state index is 0.140. The van der Waals surface area contributed by atoms with Gasteiger partial charge in [0.2, 0.25) is 5.91 Å². The molecular weight excluding hydrogens is 479 g/mol. The van der Waals surface area contributed by atoms with Gasteiger partial charge in [-0.05, 0) is 71.8 Å². The van der Waals surface area contributed by atoms with Crippen molar-refractivity contribution in [1.82, 2.24) is 5.32 Å². The van der Waals surface area contributed by atoms with Crippen LogP contribution in [-0.4, -0.2) is 28.8 Å². The molecule has 4 rings (SSSR count). The maximum atomic E-state index is 12.2. The van der Waals surface area contributed by atoms with Crippen LogP contribution in [0.1, 0.15) is 12.0 Å². The van der Waals surface area contributed by atoms with E-state index in [2.05, 4.69) is 5.32 Å². The van der Waals surface area contributed by atoms with Gasteiger partial charge in [-0.2, -0.15) is 13.2 Å². The van der Waals surface area contributed by atoms with Crippen LogP contribution in [0.2, 0.25) is 0 Å². The number of phenols is 2. The Labute approximate surface area is 202 Å². The molecule has 1 aromatic heterocycles. The van der Waals surface area contributed by atoms with E-state index in [0.717, 1.165) is 20.5 Å². The molecule has 0 aliphatic heterocycles. The number of ether oxygens (including phenoxy) is 1. The summed E-state index contributed by atoms with van der Waals surface area (Å²) in [6, 6.07) is 18.6. The van der Waals surface area contributed by atoms with E-state index in [0.29, 0.717) is 17.1 Å². The van der Waals surface area contributed by atoms with Crippen molar-refractivity contribution in [3.05, 3.63) is 78.4 Å². The van der Waals surface area contributed by atoms with Crippen molar-refractivity contribution in [1.29, 1.82) is 0 Å². The first kappa shape index (κ1) is 24.2. The normalized spacial score (nSPS) is 11.7. The zero-order chi connectivity index (χ0) is 25.0. The Morgan fingerprint density at radius 2 is 1.66 bits per heavy atom. The molecule has 4 aromatic rings. The topological polar surface area (TPSA) is 78.8 Å². The average molecular weight is 500 g/mol. The lowest BCUT2D eigenvalue weighted by atomic mass is 10.1. The summed E-state index contributed by atoms with van der Waals surface area (Å²) in [5.41, 5.74) is 1.51. The number of thiophene rings is 1. The maximum absolute atomic E-state index is 12.2. The Bertz CT molecular complexity index is 1360. The number of aromatic hydroxyl groups is 2. The van der Waals surface area contributed by atoms with Crippen LogP contribution in [0.25, 0.3) is 26.6 Å². The van der Waals surface area contributed by atoms with E-state index < -0.39 is 25.0 Å². The summed E-state index contributed by atoms with van der Waals surface area (Å²) in [6.07, 6.45) is -2.73. The smallest absolute Gasteiger partial charge is 0.390 e. The van der Waals surface area contributed by atoms with Crippen molar-refractivity contribution in [3.63, 3.8) is 0 Å². The molecule has 5 nitrogen and oxygen atoms in total. The molecule has 0 saturated carbocycles. The number of phenolic OH excluding ortho intramolecular Hbond substituents is 2. The molecule has 0 radical (unpaired) electrons. The number of nitrogens with one attached hydrogen (secondary N) is 1. The van der Waals surface area contributed by atoms with E-state index >= 15 is 0 Å². The number of hydrogen-bond donors (Lipinski definition) is 3. The van der Waals surface area contributed by atoms with E-state index in [1.807, 2.05) is 0 Å². The van der Waals surface area contributed by atoms with Gasteiger partial charge in [0, 0.05) is 22.7 Å². The molecule has 3 aromatic carbocycles. The first-order valence-corrected chi connectivity index (χ1v) is 11.3. The first-order valence-electron chi connectivity index (χ1n) is 10.5. The fourth-order valence-electron chi connectivity index (χ4n) is 3.29. The molecular formula is C26H20F3NO4S. The highest BCUT2D eigenvalue weighted by Gasteiger charge is 2.26. The van der Waals surface area contributed by atoms with Crippen molar-refractivity contribution in [2.45, 2.75) is 12.6 Å². The summed E-state index contributed by atoms with van der Waals surface area (Å²) in [5, 5.41) is 22.5. The van der Waals surface area contributed by atoms with Gasteiger partial charge >= 0.3 is 6.18 Å². The second-order valence-electron chi connectivity index (χ2n) is 7.65. The third-order valence-corrected chi connectivity index (χ3v) is 6.18. The van der Waals surface area contributed by atoms with Gasteiger partial charge in [0.05, 0.1) is 11.3 Å². The van der Waals surface area contributed by atoms with Gasteiger partial charge in [0.25, 0.3) is 0 Å². The molecule has 0 bridgehead atoms. The molecule has 0 spiro atoms. The zero-order valence-electron chi connectivity index (χ0n) is 18.2. The number of hydrogen-bond acceptors (Lipinski definition) is 5. The molecule has 0 unspecified atom stereocenters. The Morgan fingerprint density at radius 1 is 0.971 bits per heavy atom. The number of benzene rings is 3. The predicted octanol–water partition coefficient (Wildman–Crippen LogP) is 6.85. The second kappa shape index (κ2) is 10.1. The van der Waals surface area contributed by atoms with E-state index in [1.54, 1.807) is 66.7 Å². The average Bonchev–Trinajstić information content (AvgIpc) is 3.15. The molecule has 0 fully saturated rings. The van der Waals surface area contributed by atoms with E-state index in [-0.39, 0.29) is 11.5 Å². The quantitative estimate of drug-likeness (QED) is 0.243. The SMILES string of the molecule is O=C(/C=C/c1ccc(Oc2c(-c3ccc(O)cc3)sc3cc(O)ccc23)cc1)NCCC(F)(F)F. The third-order valence-electron chi connectivity index (χ3n) is 4.99. The van der Waals surface area contributed by atoms with Gasteiger partial charge < -0.3 is 20.3 Å². The Morgan fingerprint density at radius 3 is 2.34 bits per heavy atom. The number of halogens is 3. The van der Waals surface area contributed by atoms with Crippen LogP contribution in [0.3, 0.4) is 0 Å². The van der Waals surface area contributed by atoms with Crippen molar-refractivity contribution < 1.29 is 32.9 Å². The van der Waals surface area contributed by atoms with Gasteiger partial charge in [0.15, 0.2) is 5.75 Å². The van der Waals surface area contributed by atoms with E-state index in [1.165, 1.54) is 23.5 Å². The number of fused-ring (bicyclic) bond motifs is 1. The summed E-state index contributed by atoms with van der Waals surface area (Å²) in [4.78, 5) is 12.5. The van der Waals surface area contributed by atoms with Crippen LogP contribution in [0.15, 0.2) is 72.8 Å². The van der Waals surface area contributed by atoms with Crippen LogP contribution in [0, 0.1) is 0 Å². The third kappa shape index (κ3) is 6.33. The molecule has 0 aliphatic rings. The highest BCUT2D eigenvalue weighted by atomic mass is 32.1. The van der Waals surface area contributed by atoms with Crippen LogP contribution in [-0.2, 0) is 4.79 Å². The van der Waals surface area contributed by atoms with Gasteiger partial charge in [-0.25, -0.2) is 0 Å². The minimum Gasteiger partial charge on any atom is -0.508 e. The summed E-state index contributed by atoms with van der Waals surface area (Å²) in [6.45, 7) is -0.477. The zero-order valence-corrected chi connectivity index (χ0v) is 19.0. The molecule has 0 saturated heterocycles. The van der Waals surface area contributed by atoms with Crippen LogP contribution >= 0.6 is 11.3 Å². The molecule has 35 heavy (non-hydrogen) atoms. The standard InChI is InChI=1S/C26H20F3NO4S/c27-26(28,29)13-14-30-23(33)12-3-16-1-9-20(10-2-16)34-24-21-11-8-19(32)15-22(21)35-25(24)17-4-6-18(31)7-5-17/h1-12,15,31-32H,13-14H2,(H,30,33)/b12-3+. The number of amides is 1. The van der Waals surface area contributed by atoms with Crippen molar-refractivity contribution in [3.8, 4) is 33.4 Å². The summed E-state index contributed by atoms with van der Waals surface area (Å²) in [5.74, 6) is 0.808. The van der Waals surface area contributed by atoms with Gasteiger partial charge in [-0.1, -0.05) is 12.1 Å². The fourth-order valence-corrected chi connectivity index (χ4v) is 4.46. The number of carbonyl (C=O) groups excluding carboxylic acids is 1. The monoisotopic (exact) mass is 499 g/mol. The number of carbonyl (C=O) groups is 1. The largest absolute Gasteiger partial charge is 0.508 e. The summed E-state index contributed by atoms with van der Waals surface area (Å²) >= 11 is 1.45. The van der Waals surface area contributed by atoms with Gasteiger partial charge in [-0.15, -0.1) is 11.3 Å².